The Bertz CT molecular complexity index is 2120. The maximum atomic E-state index is 14.9. The molecule has 3 amide bonds. The summed E-state index contributed by atoms with van der Waals surface area (Å²) in [7, 11) is -3.91. The van der Waals surface area contributed by atoms with Gasteiger partial charge in [0, 0.05) is 23.4 Å². The molecular formula is C41H52BrN5O9S. The van der Waals surface area contributed by atoms with Gasteiger partial charge in [0.1, 0.15) is 23.8 Å². The standard InChI is InChI=1S/C41H52BrN5O9S/c1-2-26-22-41(26,39(52)45-57(53,54)29-15-16-29)44-36(49)33-20-28-23-47(33)38(51)31(24-9-5-6-10-24)21-35(48)56-34-13-8-12-25(34)11-4-3-7-18-46-37(50)30-17-14-27(42)19-32(30)43-40(46)55-28/h2,14,17,19,24-26,28-29,31,33-34H,1,3-13,15-16,18,20-23H2,(H,44,49)(H,45,52)/t25-,26-,28-,31+,33+,34-,41-/m1/s1. The number of esters is 1. The smallest absolute Gasteiger partial charge is 0.306 e. The van der Waals surface area contributed by atoms with E-state index in [9.17, 15) is 32.4 Å². The Morgan fingerprint density at radius 3 is 2.42 bits per heavy atom. The van der Waals surface area contributed by atoms with Crippen LogP contribution in [0.2, 0.25) is 0 Å². The Morgan fingerprint density at radius 1 is 0.947 bits per heavy atom. The number of aromatic nitrogens is 2. The number of ether oxygens (including phenoxy) is 2. The lowest BCUT2D eigenvalue weighted by molar-refractivity contribution is -0.156. The Balaban J connectivity index is 1.14. The van der Waals surface area contributed by atoms with Crippen molar-refractivity contribution in [3.63, 3.8) is 0 Å². The van der Waals surface area contributed by atoms with Crippen molar-refractivity contribution in [3.05, 3.63) is 45.7 Å². The number of carbonyl (C=O) groups excluding carboxylic acids is 4. The van der Waals surface area contributed by atoms with Crippen LogP contribution in [0, 0.1) is 23.7 Å². The van der Waals surface area contributed by atoms with Crippen LogP contribution in [0.15, 0.2) is 40.1 Å². The maximum Gasteiger partial charge on any atom is 0.306 e. The lowest BCUT2D eigenvalue weighted by Crippen LogP contribution is -2.57. The van der Waals surface area contributed by atoms with Gasteiger partial charge in [0.15, 0.2) is 0 Å². The SMILES string of the molecule is C=C[C@@H]1C[C@]1(NC(=O)[C@@H]1C[C@@H]2CN1C(=O)[C@H](C1CCCC1)CC(=O)O[C@@H]1CCC[C@H]1CCCCCn1c(nc3cc(Br)ccc3c1=O)O2)C(=O)NS(=O)(=O)C1CC1. The lowest BCUT2D eigenvalue weighted by Gasteiger charge is -2.32. The van der Waals surface area contributed by atoms with Gasteiger partial charge in [-0.15, -0.1) is 6.58 Å². The second-order valence-electron chi connectivity index (χ2n) is 17.1. The van der Waals surface area contributed by atoms with Crippen LogP contribution in [0.1, 0.15) is 103 Å². The Hall–Kier alpha value is -3.79. The number of hydrogen-bond donors (Lipinski definition) is 2. The number of nitrogens with zero attached hydrogens (tertiary/aromatic N) is 3. The van der Waals surface area contributed by atoms with Crippen LogP contribution in [0.5, 0.6) is 6.01 Å². The quantitative estimate of drug-likeness (QED) is 0.293. The largest absolute Gasteiger partial charge is 0.462 e. The number of halogens is 1. The highest BCUT2D eigenvalue weighted by Crippen LogP contribution is 2.46. The highest BCUT2D eigenvalue weighted by atomic mass is 79.9. The zero-order valence-corrected chi connectivity index (χ0v) is 34.6. The van der Waals surface area contributed by atoms with Crippen molar-refractivity contribution < 1.29 is 37.1 Å². The first kappa shape index (κ1) is 40.0. The van der Waals surface area contributed by atoms with Crippen LogP contribution >= 0.6 is 15.9 Å². The normalized spacial score (nSPS) is 31.4. The summed E-state index contributed by atoms with van der Waals surface area (Å²) in [6.07, 6.45) is 10.9. The summed E-state index contributed by atoms with van der Waals surface area (Å²) in [4.78, 5) is 77.0. The molecule has 14 nitrogen and oxygen atoms in total. The minimum Gasteiger partial charge on any atom is -0.462 e. The molecule has 2 aromatic rings. The molecule has 1 aromatic heterocycles. The van der Waals surface area contributed by atoms with E-state index in [2.05, 4.69) is 32.5 Å². The average Bonchev–Trinajstić information content (AvgIpc) is 3.96. The van der Waals surface area contributed by atoms with E-state index in [1.54, 1.807) is 22.8 Å². The number of sulfonamides is 1. The number of amides is 3. The molecule has 5 fully saturated rings. The van der Waals surface area contributed by atoms with Crippen molar-refractivity contribution >= 4 is 60.5 Å². The zero-order valence-electron chi connectivity index (χ0n) is 32.2. The van der Waals surface area contributed by atoms with Crippen molar-refractivity contribution in [2.75, 3.05) is 6.54 Å². The topological polar surface area (TPSA) is 183 Å². The molecule has 2 N–H and O–H groups in total. The molecule has 0 unspecified atom stereocenters. The predicted octanol–water partition coefficient (Wildman–Crippen LogP) is 4.66. The molecule has 2 bridgehead atoms. The summed E-state index contributed by atoms with van der Waals surface area (Å²) in [6, 6.07) is 4.22. The van der Waals surface area contributed by atoms with E-state index in [1.165, 1.54) is 11.0 Å². The zero-order chi connectivity index (χ0) is 40.1. The number of rotatable bonds is 7. The molecule has 4 aliphatic carbocycles. The van der Waals surface area contributed by atoms with Crippen molar-refractivity contribution in [2.45, 2.75) is 138 Å². The molecule has 8 rings (SSSR count). The highest BCUT2D eigenvalue weighted by Gasteiger charge is 2.62. The first-order valence-corrected chi connectivity index (χ1v) is 23.1. The van der Waals surface area contributed by atoms with Crippen LogP contribution in [0.25, 0.3) is 10.9 Å². The van der Waals surface area contributed by atoms with Gasteiger partial charge in [-0.25, -0.2) is 8.42 Å². The molecular weight excluding hydrogens is 818 g/mol. The molecule has 57 heavy (non-hydrogen) atoms. The average molecular weight is 871 g/mol. The van der Waals surface area contributed by atoms with E-state index < -0.39 is 62.6 Å². The van der Waals surface area contributed by atoms with E-state index in [4.69, 9.17) is 14.5 Å². The molecule has 2 aliphatic heterocycles. The number of nitrogens with one attached hydrogen (secondary N) is 2. The second-order valence-corrected chi connectivity index (χ2v) is 20.0. The van der Waals surface area contributed by atoms with Crippen molar-refractivity contribution in [2.24, 2.45) is 23.7 Å². The van der Waals surface area contributed by atoms with E-state index in [0.29, 0.717) is 36.7 Å². The van der Waals surface area contributed by atoms with Crippen LogP contribution < -0.4 is 20.3 Å². The Labute approximate surface area is 341 Å². The molecule has 1 aromatic carbocycles. The fraction of sp³-hybridized carbons (Fsp3) is 0.659. The molecule has 7 atom stereocenters. The number of fused-ring (bicyclic) bond motifs is 5. The summed E-state index contributed by atoms with van der Waals surface area (Å²) in [5, 5.41) is 2.64. The number of benzene rings is 1. The van der Waals surface area contributed by atoms with E-state index in [0.717, 1.165) is 68.7 Å². The van der Waals surface area contributed by atoms with Gasteiger partial charge < -0.3 is 19.7 Å². The van der Waals surface area contributed by atoms with Gasteiger partial charge in [0.05, 0.1) is 35.0 Å². The van der Waals surface area contributed by atoms with Gasteiger partial charge in [-0.2, -0.15) is 4.98 Å². The van der Waals surface area contributed by atoms with Gasteiger partial charge in [-0.05, 0) is 94.2 Å². The number of hydrogen-bond acceptors (Lipinski definition) is 10. The summed E-state index contributed by atoms with van der Waals surface area (Å²) >= 11 is 3.48. The summed E-state index contributed by atoms with van der Waals surface area (Å²) in [5.74, 6) is -3.35. The molecule has 6 aliphatic rings. The minimum atomic E-state index is -3.91. The van der Waals surface area contributed by atoms with Crippen LogP contribution in [0.3, 0.4) is 0 Å². The van der Waals surface area contributed by atoms with Crippen LogP contribution in [-0.2, 0) is 40.5 Å². The molecule has 1 saturated heterocycles. The maximum absolute atomic E-state index is 14.9. The fourth-order valence-corrected chi connectivity index (χ4v) is 11.5. The minimum absolute atomic E-state index is 0.00633. The fourth-order valence-electron chi connectivity index (χ4n) is 9.77. The van der Waals surface area contributed by atoms with Crippen LogP contribution in [-0.4, -0.2) is 82.1 Å². The summed E-state index contributed by atoms with van der Waals surface area (Å²) in [5.41, 5.74) is -1.37. The third kappa shape index (κ3) is 8.26. The summed E-state index contributed by atoms with van der Waals surface area (Å²) < 4.78 is 42.8. The van der Waals surface area contributed by atoms with Gasteiger partial charge >= 0.3 is 5.97 Å². The van der Waals surface area contributed by atoms with Gasteiger partial charge in [0.2, 0.25) is 21.8 Å². The van der Waals surface area contributed by atoms with Crippen LogP contribution in [0.4, 0.5) is 0 Å². The lowest BCUT2D eigenvalue weighted by atomic mass is 9.86. The third-order valence-corrected chi connectivity index (χ3v) is 15.6. The van der Waals surface area contributed by atoms with Gasteiger partial charge in [0.25, 0.3) is 17.5 Å². The second kappa shape index (κ2) is 16.1. The molecule has 308 valence electrons. The number of carbonyl (C=O) groups is 4. The summed E-state index contributed by atoms with van der Waals surface area (Å²) in [6.45, 7) is 4.12. The molecule has 0 radical (unpaired) electrons. The Kier molecular flexibility index (Phi) is 11.3. The van der Waals surface area contributed by atoms with Crippen molar-refractivity contribution in [1.29, 1.82) is 0 Å². The predicted molar refractivity (Wildman–Crippen MR) is 213 cm³/mol. The first-order valence-electron chi connectivity index (χ1n) is 20.7. The van der Waals surface area contributed by atoms with Gasteiger partial charge in [-0.1, -0.05) is 47.7 Å². The van der Waals surface area contributed by atoms with Crippen molar-refractivity contribution in [3.8, 4) is 6.01 Å². The first-order chi connectivity index (χ1) is 27.4. The third-order valence-electron chi connectivity index (χ3n) is 13.3. The monoisotopic (exact) mass is 869 g/mol. The molecule has 4 saturated carbocycles. The highest BCUT2D eigenvalue weighted by molar-refractivity contribution is 9.10. The van der Waals surface area contributed by atoms with E-state index >= 15 is 0 Å². The van der Waals surface area contributed by atoms with E-state index in [1.807, 2.05) is 0 Å². The van der Waals surface area contributed by atoms with Gasteiger partial charge in [-0.3, -0.25) is 33.3 Å². The van der Waals surface area contributed by atoms with Crippen molar-refractivity contribution in [1.82, 2.24) is 24.5 Å². The molecule has 16 heteroatoms. The van der Waals surface area contributed by atoms with E-state index in [-0.39, 0.29) is 61.2 Å². The molecule has 3 heterocycles. The Morgan fingerprint density at radius 2 is 1.68 bits per heavy atom. The molecule has 0 spiro atoms.